The summed E-state index contributed by atoms with van der Waals surface area (Å²) in [5.74, 6) is -0.384. The second kappa shape index (κ2) is 6.60. The number of sulfonamides is 1. The van der Waals surface area contributed by atoms with Gasteiger partial charge >= 0.3 is 0 Å². The largest absolute Gasteiger partial charge is 0.353 e. The molecule has 7 nitrogen and oxygen atoms in total. The van der Waals surface area contributed by atoms with Gasteiger partial charge in [0.2, 0.25) is 15.9 Å². The van der Waals surface area contributed by atoms with Gasteiger partial charge in [-0.25, -0.2) is 13.1 Å². The lowest BCUT2D eigenvalue weighted by atomic mass is 10.4. The Labute approximate surface area is 112 Å². The van der Waals surface area contributed by atoms with Crippen LogP contribution in [0, 0.1) is 0 Å². The van der Waals surface area contributed by atoms with Gasteiger partial charge in [0.25, 0.3) is 0 Å². The smallest absolute Gasteiger partial charge is 0.242 e. The first-order valence-corrected chi connectivity index (χ1v) is 7.27. The minimum absolute atomic E-state index is 0.00190. The number of nitrogens with one attached hydrogen (secondary N) is 2. The van der Waals surface area contributed by atoms with Crippen molar-refractivity contribution in [3.63, 3.8) is 0 Å². The highest BCUT2D eigenvalue weighted by Gasteiger charge is 2.16. The van der Waals surface area contributed by atoms with Crippen molar-refractivity contribution < 1.29 is 13.2 Å². The van der Waals surface area contributed by atoms with Gasteiger partial charge in [-0.05, 0) is 26.0 Å². The fourth-order valence-corrected chi connectivity index (χ4v) is 2.23. The number of amides is 1. The van der Waals surface area contributed by atoms with Crippen molar-refractivity contribution in [2.45, 2.75) is 31.3 Å². The Kier molecular flexibility index (Phi) is 5.40. The number of carbonyl (C=O) groups is 1. The standard InChI is InChI=1S/C11H18N4O3S/c1-8(2)15-11(16)7-14-19(17,18)10-4-3-9(5-12)13-6-10/h3-4,6,8,14H,5,7,12H2,1-2H3,(H,15,16). The van der Waals surface area contributed by atoms with Crippen LogP contribution in [0.1, 0.15) is 19.5 Å². The lowest BCUT2D eigenvalue weighted by Gasteiger charge is -2.09. The van der Waals surface area contributed by atoms with E-state index in [2.05, 4.69) is 15.0 Å². The maximum atomic E-state index is 11.9. The van der Waals surface area contributed by atoms with E-state index < -0.39 is 10.0 Å². The molecule has 0 aliphatic carbocycles. The van der Waals surface area contributed by atoms with Gasteiger partial charge in [0, 0.05) is 18.8 Å². The van der Waals surface area contributed by atoms with E-state index in [4.69, 9.17) is 5.73 Å². The van der Waals surface area contributed by atoms with Gasteiger partial charge in [-0.1, -0.05) is 0 Å². The number of rotatable bonds is 6. The second-order valence-corrected chi connectivity index (χ2v) is 6.00. The third-order valence-electron chi connectivity index (χ3n) is 2.19. The molecule has 1 rings (SSSR count). The van der Waals surface area contributed by atoms with E-state index in [9.17, 15) is 13.2 Å². The van der Waals surface area contributed by atoms with Crippen LogP contribution in [0.4, 0.5) is 0 Å². The minimum atomic E-state index is -3.73. The Morgan fingerprint density at radius 2 is 2.11 bits per heavy atom. The summed E-state index contributed by atoms with van der Waals surface area (Å²) >= 11 is 0. The number of pyridine rings is 1. The highest BCUT2D eigenvalue weighted by Crippen LogP contribution is 2.07. The van der Waals surface area contributed by atoms with E-state index in [1.54, 1.807) is 13.8 Å². The normalized spacial score (nSPS) is 11.6. The molecule has 0 unspecified atom stereocenters. The number of nitrogens with two attached hydrogens (primary N) is 1. The van der Waals surface area contributed by atoms with Crippen LogP contribution in [0.3, 0.4) is 0 Å². The van der Waals surface area contributed by atoms with Gasteiger partial charge in [0.1, 0.15) is 4.90 Å². The molecule has 1 heterocycles. The highest BCUT2D eigenvalue weighted by molar-refractivity contribution is 7.89. The SMILES string of the molecule is CC(C)NC(=O)CNS(=O)(=O)c1ccc(CN)nc1. The third-order valence-corrected chi connectivity index (χ3v) is 3.58. The summed E-state index contributed by atoms with van der Waals surface area (Å²) in [5.41, 5.74) is 5.97. The third kappa shape index (κ3) is 4.93. The number of carbonyl (C=O) groups excluding carboxylic acids is 1. The molecule has 0 atom stereocenters. The number of nitrogens with zero attached hydrogens (tertiary/aromatic N) is 1. The Morgan fingerprint density at radius 3 is 2.58 bits per heavy atom. The number of hydrogen-bond donors (Lipinski definition) is 3. The van der Waals surface area contributed by atoms with E-state index >= 15 is 0 Å². The highest BCUT2D eigenvalue weighted by atomic mass is 32.2. The van der Waals surface area contributed by atoms with Gasteiger partial charge in [-0.15, -0.1) is 0 Å². The molecule has 0 spiro atoms. The fraction of sp³-hybridized carbons (Fsp3) is 0.455. The molecule has 0 saturated heterocycles. The van der Waals surface area contributed by atoms with Gasteiger partial charge in [0.05, 0.1) is 12.2 Å². The van der Waals surface area contributed by atoms with Crippen LogP contribution in [0.2, 0.25) is 0 Å². The van der Waals surface area contributed by atoms with Crippen LogP contribution in [0.15, 0.2) is 23.2 Å². The molecule has 0 aliphatic heterocycles. The second-order valence-electron chi connectivity index (χ2n) is 4.24. The van der Waals surface area contributed by atoms with Crippen LogP contribution in [0.25, 0.3) is 0 Å². The van der Waals surface area contributed by atoms with Crippen molar-refractivity contribution in [1.29, 1.82) is 0 Å². The molecular weight excluding hydrogens is 268 g/mol. The van der Waals surface area contributed by atoms with E-state index in [0.717, 1.165) is 0 Å². The van der Waals surface area contributed by atoms with Crippen LogP contribution < -0.4 is 15.8 Å². The van der Waals surface area contributed by atoms with E-state index in [0.29, 0.717) is 5.69 Å². The molecule has 1 aromatic heterocycles. The molecule has 1 aromatic rings. The van der Waals surface area contributed by atoms with Crippen LogP contribution in [-0.2, 0) is 21.4 Å². The number of hydrogen-bond acceptors (Lipinski definition) is 5. The van der Waals surface area contributed by atoms with Crippen molar-refractivity contribution in [2.75, 3.05) is 6.54 Å². The quantitative estimate of drug-likeness (QED) is 0.642. The maximum Gasteiger partial charge on any atom is 0.242 e. The van der Waals surface area contributed by atoms with Crippen molar-refractivity contribution in [3.05, 3.63) is 24.0 Å². The maximum absolute atomic E-state index is 11.9. The lowest BCUT2D eigenvalue weighted by molar-refractivity contribution is -0.120. The monoisotopic (exact) mass is 286 g/mol. The van der Waals surface area contributed by atoms with Crippen molar-refractivity contribution in [3.8, 4) is 0 Å². The molecule has 0 saturated carbocycles. The summed E-state index contributed by atoms with van der Waals surface area (Å²) in [5, 5.41) is 2.59. The topological polar surface area (TPSA) is 114 Å². The van der Waals surface area contributed by atoms with Gasteiger partial charge in [0.15, 0.2) is 0 Å². The molecular formula is C11H18N4O3S. The van der Waals surface area contributed by atoms with E-state index in [1.807, 2.05) is 0 Å². The first-order valence-electron chi connectivity index (χ1n) is 5.79. The molecule has 106 valence electrons. The van der Waals surface area contributed by atoms with E-state index in [-0.39, 0.29) is 29.9 Å². The Bertz CT molecular complexity index is 525. The zero-order valence-electron chi connectivity index (χ0n) is 10.9. The predicted octanol–water partition coefficient (Wildman–Crippen LogP) is -0.657. The molecule has 19 heavy (non-hydrogen) atoms. The van der Waals surface area contributed by atoms with Gasteiger partial charge in [-0.3, -0.25) is 9.78 Å². The van der Waals surface area contributed by atoms with E-state index in [1.165, 1.54) is 18.3 Å². The van der Waals surface area contributed by atoms with Gasteiger partial charge < -0.3 is 11.1 Å². The lowest BCUT2D eigenvalue weighted by Crippen LogP contribution is -2.39. The number of aromatic nitrogens is 1. The van der Waals surface area contributed by atoms with Crippen molar-refractivity contribution in [1.82, 2.24) is 15.0 Å². The zero-order valence-corrected chi connectivity index (χ0v) is 11.7. The average Bonchev–Trinajstić information content (AvgIpc) is 2.36. The average molecular weight is 286 g/mol. The summed E-state index contributed by atoms with van der Waals surface area (Å²) in [7, 11) is -3.73. The summed E-state index contributed by atoms with van der Waals surface area (Å²) in [6.45, 7) is 3.52. The predicted molar refractivity (Wildman–Crippen MR) is 70.6 cm³/mol. The summed E-state index contributed by atoms with van der Waals surface area (Å²) in [6, 6.07) is 2.89. The molecule has 0 radical (unpaired) electrons. The Morgan fingerprint density at radius 1 is 1.42 bits per heavy atom. The Balaban J connectivity index is 2.67. The first kappa shape index (κ1) is 15.5. The fourth-order valence-electron chi connectivity index (χ4n) is 1.31. The molecule has 1 amide bonds. The zero-order chi connectivity index (χ0) is 14.5. The van der Waals surface area contributed by atoms with Crippen molar-refractivity contribution in [2.24, 2.45) is 5.73 Å². The molecule has 0 bridgehead atoms. The molecule has 0 aromatic carbocycles. The summed E-state index contributed by atoms with van der Waals surface area (Å²) in [6.07, 6.45) is 1.21. The summed E-state index contributed by atoms with van der Waals surface area (Å²) in [4.78, 5) is 15.3. The van der Waals surface area contributed by atoms with Crippen molar-refractivity contribution >= 4 is 15.9 Å². The molecule has 8 heteroatoms. The van der Waals surface area contributed by atoms with Crippen LogP contribution in [-0.4, -0.2) is 31.9 Å². The molecule has 0 fully saturated rings. The van der Waals surface area contributed by atoms with Crippen LogP contribution in [0.5, 0.6) is 0 Å². The Hall–Kier alpha value is -1.51. The van der Waals surface area contributed by atoms with Gasteiger partial charge in [-0.2, -0.15) is 0 Å². The summed E-state index contributed by atoms with van der Waals surface area (Å²) < 4.78 is 25.9. The first-order chi connectivity index (χ1) is 8.85. The molecule has 0 aliphatic rings. The van der Waals surface area contributed by atoms with Crippen LogP contribution >= 0.6 is 0 Å². The molecule has 4 N–H and O–H groups in total. The minimum Gasteiger partial charge on any atom is -0.353 e.